The first-order valence-corrected chi connectivity index (χ1v) is 12.8. The van der Waals surface area contributed by atoms with Crippen molar-refractivity contribution in [1.82, 2.24) is 34.3 Å². The number of amides is 2. The summed E-state index contributed by atoms with van der Waals surface area (Å²) in [6, 6.07) is 17.2. The number of aryl methyl sites for hydroxylation is 1. The third-order valence-corrected chi connectivity index (χ3v) is 6.75. The molecule has 0 aliphatic heterocycles. The van der Waals surface area contributed by atoms with Gasteiger partial charge in [-0.3, -0.25) is 23.6 Å². The van der Waals surface area contributed by atoms with Crippen molar-refractivity contribution >= 4 is 39.7 Å². The summed E-state index contributed by atoms with van der Waals surface area (Å²) in [6.45, 7) is 1.78. The topological polar surface area (TPSA) is 154 Å². The van der Waals surface area contributed by atoms with E-state index in [1.807, 2.05) is 24.3 Å². The number of fused-ring (bicyclic) bond motifs is 2. The molecule has 204 valence electrons. The molecule has 6 aromatic rings. The van der Waals surface area contributed by atoms with E-state index in [4.69, 9.17) is 5.73 Å². The molecular weight excluding hydrogens is 522 g/mol. The van der Waals surface area contributed by atoms with Crippen LogP contribution in [0.3, 0.4) is 0 Å². The number of pyridine rings is 1. The first kappa shape index (κ1) is 25.5. The minimum absolute atomic E-state index is 0.0429. The third-order valence-electron chi connectivity index (χ3n) is 6.75. The lowest BCUT2D eigenvalue weighted by Crippen LogP contribution is -2.32. The van der Waals surface area contributed by atoms with Crippen LogP contribution in [0.4, 0.5) is 11.5 Å². The normalized spacial score (nSPS) is 12.0. The number of nitrogens with two attached hydrogens (primary N) is 1. The lowest BCUT2D eigenvalue weighted by molar-refractivity contribution is 0.0940. The van der Waals surface area contributed by atoms with Gasteiger partial charge in [0.15, 0.2) is 11.5 Å². The Morgan fingerprint density at radius 3 is 2.59 bits per heavy atom. The smallest absolute Gasteiger partial charge is 0.265 e. The SMILES string of the molecule is C[C@@H](NC(=O)c1c(N)nn2cccnc12)c1cc2cccc(NC(=O)c3cnn(C)c3)c2c(=O)n1-c1ccccc1. The number of nitrogens with zero attached hydrogens (tertiary/aromatic N) is 6. The van der Waals surface area contributed by atoms with Gasteiger partial charge in [-0.25, -0.2) is 9.50 Å². The Hall–Kier alpha value is -5.78. The summed E-state index contributed by atoms with van der Waals surface area (Å²) in [4.78, 5) is 44.8. The van der Waals surface area contributed by atoms with Crippen molar-refractivity contribution in [1.29, 1.82) is 0 Å². The minimum Gasteiger partial charge on any atom is -0.381 e. The molecule has 41 heavy (non-hydrogen) atoms. The minimum atomic E-state index is -0.633. The van der Waals surface area contributed by atoms with Gasteiger partial charge in [0, 0.05) is 37.0 Å². The predicted octanol–water partition coefficient (Wildman–Crippen LogP) is 3.09. The molecule has 0 fully saturated rings. The van der Waals surface area contributed by atoms with Crippen molar-refractivity contribution < 1.29 is 9.59 Å². The van der Waals surface area contributed by atoms with E-state index in [-0.39, 0.29) is 22.8 Å². The van der Waals surface area contributed by atoms with Crippen molar-refractivity contribution in [2.45, 2.75) is 13.0 Å². The molecule has 0 unspecified atom stereocenters. The average Bonchev–Trinajstić information content (AvgIpc) is 3.55. The molecule has 4 N–H and O–H groups in total. The first-order valence-electron chi connectivity index (χ1n) is 12.8. The number of carbonyl (C=O) groups excluding carboxylic acids is 2. The number of hydrogen-bond donors (Lipinski definition) is 3. The Labute approximate surface area is 233 Å². The molecule has 12 heteroatoms. The molecular formula is C29H25N9O3. The second-order valence-corrected chi connectivity index (χ2v) is 9.52. The van der Waals surface area contributed by atoms with Crippen LogP contribution in [0.15, 0.2) is 90.2 Å². The standard InChI is InChI=1S/C29H25N9O3/c1-17(33-28(40)24-25(30)35-37-13-7-12-31-26(24)37)22-14-18-8-6-11-21(34-27(39)19-15-32-36(2)16-19)23(18)29(41)38(22)20-9-4-3-5-10-20/h3-17H,1-2H3,(H2,30,35)(H,33,40)(H,34,39)/t17-/m1/s1. The molecule has 4 aromatic heterocycles. The van der Waals surface area contributed by atoms with Crippen molar-refractivity contribution in [3.8, 4) is 5.69 Å². The molecule has 0 saturated heterocycles. The summed E-state index contributed by atoms with van der Waals surface area (Å²) in [5, 5.41) is 14.9. The van der Waals surface area contributed by atoms with E-state index >= 15 is 0 Å². The summed E-state index contributed by atoms with van der Waals surface area (Å²) in [6.07, 6.45) is 6.26. The maximum absolute atomic E-state index is 14.2. The molecule has 0 aliphatic rings. The van der Waals surface area contributed by atoms with Gasteiger partial charge in [-0.15, -0.1) is 5.10 Å². The van der Waals surface area contributed by atoms with E-state index in [0.29, 0.717) is 39.1 Å². The fraction of sp³-hybridized carbons (Fsp3) is 0.103. The number of anilines is 2. The van der Waals surface area contributed by atoms with Gasteiger partial charge >= 0.3 is 0 Å². The van der Waals surface area contributed by atoms with Gasteiger partial charge in [0.05, 0.1) is 28.9 Å². The number of rotatable bonds is 6. The van der Waals surface area contributed by atoms with Crippen LogP contribution in [-0.2, 0) is 7.05 Å². The molecule has 1 atom stereocenters. The van der Waals surface area contributed by atoms with Crippen LogP contribution in [0.1, 0.15) is 39.4 Å². The monoisotopic (exact) mass is 547 g/mol. The second kappa shape index (κ2) is 10.1. The quantitative estimate of drug-likeness (QED) is 0.289. The Kier molecular flexibility index (Phi) is 6.27. The van der Waals surface area contributed by atoms with Gasteiger partial charge in [0.25, 0.3) is 17.4 Å². The lowest BCUT2D eigenvalue weighted by atomic mass is 10.1. The van der Waals surface area contributed by atoms with Crippen LogP contribution in [-0.4, -0.2) is 40.8 Å². The number of aromatic nitrogens is 6. The van der Waals surface area contributed by atoms with E-state index in [2.05, 4.69) is 25.8 Å². The number of para-hydroxylation sites is 1. The fourth-order valence-electron chi connectivity index (χ4n) is 4.85. The maximum atomic E-state index is 14.2. The van der Waals surface area contributed by atoms with E-state index in [1.54, 1.807) is 69.0 Å². The molecule has 0 bridgehead atoms. The predicted molar refractivity (Wildman–Crippen MR) is 154 cm³/mol. The molecule has 12 nitrogen and oxygen atoms in total. The summed E-state index contributed by atoms with van der Waals surface area (Å²) in [5.74, 6) is -0.824. The molecule has 0 aliphatic carbocycles. The summed E-state index contributed by atoms with van der Waals surface area (Å²) < 4.78 is 4.50. The maximum Gasteiger partial charge on any atom is 0.265 e. The van der Waals surface area contributed by atoms with E-state index in [1.165, 1.54) is 20.0 Å². The van der Waals surface area contributed by atoms with E-state index in [0.717, 1.165) is 0 Å². The van der Waals surface area contributed by atoms with Crippen LogP contribution in [0.2, 0.25) is 0 Å². The molecule has 2 aromatic carbocycles. The lowest BCUT2D eigenvalue weighted by Gasteiger charge is -2.21. The second-order valence-electron chi connectivity index (χ2n) is 9.52. The highest BCUT2D eigenvalue weighted by atomic mass is 16.2. The van der Waals surface area contributed by atoms with Gasteiger partial charge in [0.1, 0.15) is 5.56 Å². The zero-order valence-electron chi connectivity index (χ0n) is 22.1. The van der Waals surface area contributed by atoms with Crippen LogP contribution in [0.25, 0.3) is 22.1 Å². The van der Waals surface area contributed by atoms with Crippen molar-refractivity contribution in [3.05, 3.63) is 113 Å². The Morgan fingerprint density at radius 1 is 1.02 bits per heavy atom. The molecule has 0 saturated carbocycles. The zero-order chi connectivity index (χ0) is 28.7. The van der Waals surface area contributed by atoms with Gasteiger partial charge in [-0.1, -0.05) is 30.3 Å². The summed E-state index contributed by atoms with van der Waals surface area (Å²) in [5.41, 5.74) is 8.02. The molecule has 0 radical (unpaired) electrons. The molecule has 6 rings (SSSR count). The number of carbonyl (C=O) groups is 2. The summed E-state index contributed by atoms with van der Waals surface area (Å²) >= 11 is 0. The highest BCUT2D eigenvalue weighted by Crippen LogP contribution is 2.27. The van der Waals surface area contributed by atoms with Crippen LogP contribution >= 0.6 is 0 Å². The largest absolute Gasteiger partial charge is 0.381 e. The van der Waals surface area contributed by atoms with Gasteiger partial charge in [-0.05, 0) is 42.6 Å². The summed E-state index contributed by atoms with van der Waals surface area (Å²) in [7, 11) is 1.72. The zero-order valence-corrected chi connectivity index (χ0v) is 22.1. The van der Waals surface area contributed by atoms with Crippen LogP contribution < -0.4 is 21.9 Å². The molecule has 2 amide bonds. The first-order chi connectivity index (χ1) is 19.8. The van der Waals surface area contributed by atoms with Crippen LogP contribution in [0.5, 0.6) is 0 Å². The van der Waals surface area contributed by atoms with E-state index in [9.17, 15) is 14.4 Å². The third kappa shape index (κ3) is 4.56. The fourth-order valence-corrected chi connectivity index (χ4v) is 4.85. The Balaban J connectivity index is 1.45. The van der Waals surface area contributed by atoms with Crippen molar-refractivity contribution in [2.75, 3.05) is 11.1 Å². The Morgan fingerprint density at radius 2 is 1.83 bits per heavy atom. The van der Waals surface area contributed by atoms with Gasteiger partial charge in [-0.2, -0.15) is 5.10 Å². The highest BCUT2D eigenvalue weighted by molar-refractivity contribution is 6.09. The highest BCUT2D eigenvalue weighted by Gasteiger charge is 2.24. The van der Waals surface area contributed by atoms with Crippen molar-refractivity contribution in [2.24, 2.45) is 7.05 Å². The number of hydrogen-bond acceptors (Lipinski definition) is 7. The molecule has 4 heterocycles. The molecule has 0 spiro atoms. The number of nitrogens with one attached hydrogen (secondary N) is 2. The average molecular weight is 548 g/mol. The van der Waals surface area contributed by atoms with Gasteiger partial charge < -0.3 is 16.4 Å². The number of nitrogen functional groups attached to an aromatic ring is 1. The van der Waals surface area contributed by atoms with Gasteiger partial charge in [0.2, 0.25) is 0 Å². The Bertz CT molecular complexity index is 2010. The van der Waals surface area contributed by atoms with Crippen LogP contribution in [0, 0.1) is 0 Å². The number of benzene rings is 2. The van der Waals surface area contributed by atoms with E-state index < -0.39 is 11.9 Å². The van der Waals surface area contributed by atoms with Crippen molar-refractivity contribution in [3.63, 3.8) is 0 Å².